The summed E-state index contributed by atoms with van der Waals surface area (Å²) in [6.07, 6.45) is 1.81. The van der Waals surface area contributed by atoms with Crippen molar-refractivity contribution in [3.63, 3.8) is 0 Å². The lowest BCUT2D eigenvalue weighted by Gasteiger charge is -2.12. The van der Waals surface area contributed by atoms with Gasteiger partial charge in [0.05, 0.1) is 24.8 Å². The van der Waals surface area contributed by atoms with Crippen LogP contribution in [0.15, 0.2) is 46.3 Å². The molecule has 134 valence electrons. The van der Waals surface area contributed by atoms with Gasteiger partial charge < -0.3 is 14.8 Å². The number of amides is 1. The number of nitrogens with one attached hydrogen (secondary N) is 1. The van der Waals surface area contributed by atoms with Crippen LogP contribution in [0, 0.1) is 13.8 Å². The Labute approximate surface area is 157 Å². The lowest BCUT2D eigenvalue weighted by atomic mass is 10.1. The zero-order chi connectivity index (χ0) is 18.7. The Bertz CT molecular complexity index is 902. The Hall–Kier alpha value is -2.73. The predicted molar refractivity (Wildman–Crippen MR) is 106 cm³/mol. The van der Waals surface area contributed by atoms with Gasteiger partial charge in [-0.25, -0.2) is 4.99 Å². The topological polar surface area (TPSA) is 59.9 Å². The van der Waals surface area contributed by atoms with E-state index in [0.717, 1.165) is 22.6 Å². The maximum atomic E-state index is 12.3. The molecule has 1 aliphatic rings. The summed E-state index contributed by atoms with van der Waals surface area (Å²) in [6, 6.07) is 11.6. The van der Waals surface area contributed by atoms with Crippen molar-refractivity contribution < 1.29 is 14.3 Å². The van der Waals surface area contributed by atoms with Crippen molar-refractivity contribution in [3.8, 4) is 11.5 Å². The normalized spacial score (nSPS) is 16.8. The smallest absolute Gasteiger partial charge is 0.264 e. The van der Waals surface area contributed by atoms with E-state index in [1.807, 2.05) is 56.3 Å². The molecule has 0 saturated carbocycles. The number of aliphatic imine (C=N–C) groups is 1. The number of aryl methyl sites for hydroxylation is 1. The maximum Gasteiger partial charge on any atom is 0.264 e. The molecule has 0 aromatic heterocycles. The monoisotopic (exact) mass is 368 g/mol. The second-order valence-corrected chi connectivity index (χ2v) is 6.86. The molecule has 3 rings (SSSR count). The maximum absolute atomic E-state index is 12.3. The molecule has 2 aromatic carbocycles. The SMILES string of the molecule is COc1ccc(/C=C2/SC(=Nc3ccc(C)cc3)NC2=O)c(OC)c1C. The van der Waals surface area contributed by atoms with Gasteiger partial charge >= 0.3 is 0 Å². The number of amidine groups is 1. The molecule has 0 bridgehead atoms. The van der Waals surface area contributed by atoms with Crippen molar-refractivity contribution in [1.82, 2.24) is 5.32 Å². The lowest BCUT2D eigenvalue weighted by molar-refractivity contribution is -0.115. The molecule has 1 amide bonds. The van der Waals surface area contributed by atoms with Crippen LogP contribution in [0.4, 0.5) is 5.69 Å². The second-order valence-electron chi connectivity index (χ2n) is 5.83. The lowest BCUT2D eigenvalue weighted by Crippen LogP contribution is -2.19. The molecule has 0 aliphatic carbocycles. The zero-order valence-corrected chi connectivity index (χ0v) is 15.9. The Morgan fingerprint density at radius 2 is 1.77 bits per heavy atom. The summed E-state index contributed by atoms with van der Waals surface area (Å²) in [7, 11) is 3.23. The van der Waals surface area contributed by atoms with Crippen LogP contribution in [-0.4, -0.2) is 25.3 Å². The Balaban J connectivity index is 1.89. The average molecular weight is 368 g/mol. The molecule has 0 radical (unpaired) electrons. The highest BCUT2D eigenvalue weighted by Gasteiger charge is 2.24. The molecule has 0 spiro atoms. The fourth-order valence-electron chi connectivity index (χ4n) is 2.66. The number of ether oxygens (including phenoxy) is 2. The minimum atomic E-state index is -0.170. The van der Waals surface area contributed by atoms with E-state index < -0.39 is 0 Å². The molecule has 2 aromatic rings. The number of thioether (sulfide) groups is 1. The summed E-state index contributed by atoms with van der Waals surface area (Å²) >= 11 is 1.31. The van der Waals surface area contributed by atoms with Crippen LogP contribution < -0.4 is 14.8 Å². The van der Waals surface area contributed by atoms with Crippen molar-refractivity contribution in [2.75, 3.05) is 14.2 Å². The van der Waals surface area contributed by atoms with Crippen molar-refractivity contribution in [2.45, 2.75) is 13.8 Å². The molecule has 1 N–H and O–H groups in total. The van der Waals surface area contributed by atoms with E-state index in [4.69, 9.17) is 9.47 Å². The molecule has 1 saturated heterocycles. The van der Waals surface area contributed by atoms with Gasteiger partial charge in [-0.05, 0) is 56.0 Å². The third-order valence-electron chi connectivity index (χ3n) is 4.01. The van der Waals surface area contributed by atoms with E-state index in [9.17, 15) is 4.79 Å². The fourth-order valence-corrected chi connectivity index (χ4v) is 3.49. The number of nitrogens with zero attached hydrogens (tertiary/aromatic N) is 1. The predicted octanol–water partition coefficient (Wildman–Crippen LogP) is 4.21. The van der Waals surface area contributed by atoms with Gasteiger partial charge in [-0.3, -0.25) is 4.79 Å². The number of methoxy groups -OCH3 is 2. The second kappa shape index (κ2) is 7.66. The fraction of sp³-hybridized carbons (Fsp3) is 0.200. The molecule has 1 heterocycles. The molecule has 5 nitrogen and oxygen atoms in total. The molecular weight excluding hydrogens is 348 g/mol. The van der Waals surface area contributed by atoms with E-state index >= 15 is 0 Å². The third kappa shape index (κ3) is 3.75. The molecule has 6 heteroatoms. The summed E-state index contributed by atoms with van der Waals surface area (Å²) in [5, 5.41) is 3.37. The first-order valence-electron chi connectivity index (χ1n) is 8.09. The largest absolute Gasteiger partial charge is 0.496 e. The Morgan fingerprint density at radius 1 is 1.04 bits per heavy atom. The standard InChI is InChI=1S/C20H20N2O3S/c1-12-5-8-15(9-6-12)21-20-22-19(23)17(26-20)11-14-7-10-16(24-3)13(2)18(14)25-4/h5-11H,1-4H3,(H,21,22,23)/b17-11+. The minimum absolute atomic E-state index is 0.170. The van der Waals surface area contributed by atoms with Gasteiger partial charge in [-0.2, -0.15) is 0 Å². The number of carbonyl (C=O) groups excluding carboxylic acids is 1. The molecule has 1 aliphatic heterocycles. The van der Waals surface area contributed by atoms with Crippen LogP contribution in [0.5, 0.6) is 11.5 Å². The van der Waals surface area contributed by atoms with Gasteiger partial charge in [-0.1, -0.05) is 17.7 Å². The molecular formula is C20H20N2O3S. The molecule has 26 heavy (non-hydrogen) atoms. The van der Waals surface area contributed by atoms with Crippen molar-refractivity contribution in [2.24, 2.45) is 4.99 Å². The van der Waals surface area contributed by atoms with Crippen LogP contribution in [0.2, 0.25) is 0 Å². The van der Waals surface area contributed by atoms with Gasteiger partial charge in [0, 0.05) is 11.1 Å². The summed E-state index contributed by atoms with van der Waals surface area (Å²) in [4.78, 5) is 17.3. The zero-order valence-electron chi connectivity index (χ0n) is 15.1. The number of carbonyl (C=O) groups is 1. The van der Waals surface area contributed by atoms with Gasteiger partial charge in [-0.15, -0.1) is 0 Å². The van der Waals surface area contributed by atoms with Gasteiger partial charge in [0.2, 0.25) is 0 Å². The summed E-state index contributed by atoms with van der Waals surface area (Å²) in [5.41, 5.74) is 3.68. The highest BCUT2D eigenvalue weighted by Crippen LogP contribution is 2.35. The van der Waals surface area contributed by atoms with E-state index in [2.05, 4.69) is 10.3 Å². The van der Waals surface area contributed by atoms with Gasteiger partial charge in [0.15, 0.2) is 5.17 Å². The van der Waals surface area contributed by atoms with E-state index in [-0.39, 0.29) is 5.91 Å². The molecule has 0 unspecified atom stereocenters. The Morgan fingerprint density at radius 3 is 2.42 bits per heavy atom. The van der Waals surface area contributed by atoms with Crippen molar-refractivity contribution in [1.29, 1.82) is 0 Å². The number of hydrogen-bond acceptors (Lipinski definition) is 5. The average Bonchev–Trinajstić information content (AvgIpc) is 2.96. The van der Waals surface area contributed by atoms with E-state index in [0.29, 0.717) is 15.8 Å². The summed E-state index contributed by atoms with van der Waals surface area (Å²) < 4.78 is 10.8. The molecule has 1 fully saturated rings. The molecule has 0 atom stereocenters. The van der Waals surface area contributed by atoms with Crippen LogP contribution >= 0.6 is 11.8 Å². The Kier molecular flexibility index (Phi) is 5.32. The van der Waals surface area contributed by atoms with Crippen molar-refractivity contribution in [3.05, 3.63) is 58.0 Å². The van der Waals surface area contributed by atoms with E-state index in [1.165, 1.54) is 17.3 Å². The van der Waals surface area contributed by atoms with Gasteiger partial charge in [0.25, 0.3) is 5.91 Å². The van der Waals surface area contributed by atoms with Crippen LogP contribution in [-0.2, 0) is 4.79 Å². The first-order valence-corrected chi connectivity index (χ1v) is 8.91. The highest BCUT2D eigenvalue weighted by atomic mass is 32.2. The van der Waals surface area contributed by atoms with E-state index in [1.54, 1.807) is 14.2 Å². The van der Waals surface area contributed by atoms with Crippen LogP contribution in [0.25, 0.3) is 6.08 Å². The first-order chi connectivity index (χ1) is 12.5. The summed E-state index contributed by atoms with van der Waals surface area (Å²) in [6.45, 7) is 3.94. The number of benzene rings is 2. The minimum Gasteiger partial charge on any atom is -0.496 e. The number of rotatable bonds is 4. The first kappa shape index (κ1) is 18.1. The van der Waals surface area contributed by atoms with Crippen LogP contribution in [0.1, 0.15) is 16.7 Å². The van der Waals surface area contributed by atoms with Crippen molar-refractivity contribution >= 4 is 34.6 Å². The van der Waals surface area contributed by atoms with Crippen LogP contribution in [0.3, 0.4) is 0 Å². The number of hydrogen-bond donors (Lipinski definition) is 1. The quantitative estimate of drug-likeness (QED) is 0.821. The summed E-state index contributed by atoms with van der Waals surface area (Å²) in [5.74, 6) is 1.26. The van der Waals surface area contributed by atoms with Gasteiger partial charge in [0.1, 0.15) is 11.5 Å². The third-order valence-corrected chi connectivity index (χ3v) is 4.92. The highest BCUT2D eigenvalue weighted by molar-refractivity contribution is 8.18.